The molecular weight excluding hydrogens is 260 g/mol. The van der Waals surface area contributed by atoms with Crippen molar-refractivity contribution in [3.05, 3.63) is 40.5 Å². The number of aromatic nitrogens is 2. The van der Waals surface area contributed by atoms with Gasteiger partial charge in [0.2, 0.25) is 5.95 Å². The minimum absolute atomic E-state index is 0.620. The number of aryl methyl sites for hydroxylation is 2. The molecule has 0 unspecified atom stereocenters. The summed E-state index contributed by atoms with van der Waals surface area (Å²) in [6.07, 6.45) is 0. The summed E-state index contributed by atoms with van der Waals surface area (Å²) >= 11 is 6.20. The third-order valence-corrected chi connectivity index (χ3v) is 2.98. The number of anilines is 3. The Morgan fingerprint density at radius 1 is 1.21 bits per heavy atom. The molecule has 0 aliphatic heterocycles. The second-order valence-corrected chi connectivity index (χ2v) is 4.71. The van der Waals surface area contributed by atoms with Gasteiger partial charge in [0.25, 0.3) is 0 Å². The third-order valence-electron chi connectivity index (χ3n) is 2.66. The molecule has 1 aromatic heterocycles. The van der Waals surface area contributed by atoms with Crippen LogP contribution < -0.4 is 10.6 Å². The summed E-state index contributed by atoms with van der Waals surface area (Å²) in [6, 6.07) is 7.69. The number of benzene rings is 1. The SMILES string of the molecule is CCNc1nc(C)cc(Nc2c(C)cccc2Cl)n1. The fraction of sp³-hybridized carbons (Fsp3) is 0.286. The monoisotopic (exact) mass is 276 g/mol. The number of para-hydroxylation sites is 1. The van der Waals surface area contributed by atoms with E-state index in [4.69, 9.17) is 11.6 Å². The number of rotatable bonds is 4. The van der Waals surface area contributed by atoms with Crippen molar-refractivity contribution in [2.75, 3.05) is 17.2 Å². The molecule has 2 N–H and O–H groups in total. The van der Waals surface area contributed by atoms with Gasteiger partial charge in [0, 0.05) is 18.3 Å². The van der Waals surface area contributed by atoms with Crippen molar-refractivity contribution in [1.29, 1.82) is 0 Å². The molecule has 0 aliphatic rings. The smallest absolute Gasteiger partial charge is 0.224 e. The number of nitrogens with zero attached hydrogens (tertiary/aromatic N) is 2. The zero-order valence-electron chi connectivity index (χ0n) is 11.3. The molecule has 2 rings (SSSR count). The molecule has 0 aliphatic carbocycles. The highest BCUT2D eigenvalue weighted by molar-refractivity contribution is 6.33. The van der Waals surface area contributed by atoms with E-state index in [1.165, 1.54) is 0 Å². The van der Waals surface area contributed by atoms with Gasteiger partial charge in [-0.05, 0) is 32.4 Å². The Morgan fingerprint density at radius 3 is 2.68 bits per heavy atom. The molecule has 0 amide bonds. The second-order valence-electron chi connectivity index (χ2n) is 4.31. The van der Waals surface area contributed by atoms with Crippen LogP contribution in [0, 0.1) is 13.8 Å². The van der Waals surface area contributed by atoms with E-state index in [1.54, 1.807) is 0 Å². The first-order valence-corrected chi connectivity index (χ1v) is 6.59. The number of hydrogen-bond donors (Lipinski definition) is 2. The van der Waals surface area contributed by atoms with Gasteiger partial charge in [-0.15, -0.1) is 0 Å². The van der Waals surface area contributed by atoms with Gasteiger partial charge >= 0.3 is 0 Å². The number of hydrogen-bond acceptors (Lipinski definition) is 4. The molecule has 0 fully saturated rings. The van der Waals surface area contributed by atoms with Crippen LogP contribution in [-0.2, 0) is 0 Å². The van der Waals surface area contributed by atoms with Crippen LogP contribution in [0.3, 0.4) is 0 Å². The van der Waals surface area contributed by atoms with Crippen molar-refractivity contribution < 1.29 is 0 Å². The predicted octanol–water partition coefficient (Wildman–Crippen LogP) is 3.92. The van der Waals surface area contributed by atoms with Gasteiger partial charge in [-0.3, -0.25) is 0 Å². The van der Waals surface area contributed by atoms with Crippen LogP contribution in [0.1, 0.15) is 18.2 Å². The van der Waals surface area contributed by atoms with Crippen molar-refractivity contribution in [3.63, 3.8) is 0 Å². The van der Waals surface area contributed by atoms with E-state index in [9.17, 15) is 0 Å². The van der Waals surface area contributed by atoms with Gasteiger partial charge in [-0.1, -0.05) is 23.7 Å². The zero-order valence-corrected chi connectivity index (χ0v) is 12.0. The largest absolute Gasteiger partial charge is 0.354 e. The van der Waals surface area contributed by atoms with Crippen LogP contribution in [0.4, 0.5) is 17.5 Å². The van der Waals surface area contributed by atoms with E-state index >= 15 is 0 Å². The van der Waals surface area contributed by atoms with Crippen LogP contribution in [-0.4, -0.2) is 16.5 Å². The Bertz CT molecular complexity index is 563. The summed E-state index contributed by atoms with van der Waals surface area (Å²) in [5.74, 6) is 1.36. The minimum atomic E-state index is 0.620. The summed E-state index contributed by atoms with van der Waals surface area (Å²) < 4.78 is 0. The Hall–Kier alpha value is -1.81. The van der Waals surface area contributed by atoms with Crippen LogP contribution in [0.15, 0.2) is 24.3 Å². The maximum Gasteiger partial charge on any atom is 0.224 e. The van der Waals surface area contributed by atoms with Crippen LogP contribution in [0.2, 0.25) is 5.02 Å². The summed E-state index contributed by atoms with van der Waals surface area (Å²) in [7, 11) is 0. The van der Waals surface area contributed by atoms with E-state index in [-0.39, 0.29) is 0 Å². The van der Waals surface area contributed by atoms with Gasteiger partial charge in [0.05, 0.1) is 10.7 Å². The molecule has 0 spiro atoms. The van der Waals surface area contributed by atoms with Gasteiger partial charge in [0.15, 0.2) is 0 Å². The third kappa shape index (κ3) is 3.35. The summed E-state index contributed by atoms with van der Waals surface area (Å²) in [5.41, 5.74) is 2.86. The fourth-order valence-electron chi connectivity index (χ4n) is 1.79. The first-order chi connectivity index (χ1) is 9.10. The highest BCUT2D eigenvalue weighted by Crippen LogP contribution is 2.28. The average Bonchev–Trinajstić information content (AvgIpc) is 2.34. The van der Waals surface area contributed by atoms with Crippen molar-refractivity contribution >= 4 is 29.1 Å². The molecule has 0 saturated heterocycles. The van der Waals surface area contributed by atoms with Gasteiger partial charge in [0.1, 0.15) is 5.82 Å². The molecule has 2 aromatic rings. The molecule has 19 heavy (non-hydrogen) atoms. The Labute approximate surface area is 118 Å². The van der Waals surface area contributed by atoms with Crippen molar-refractivity contribution in [2.45, 2.75) is 20.8 Å². The van der Waals surface area contributed by atoms with E-state index < -0.39 is 0 Å². The lowest BCUT2D eigenvalue weighted by Gasteiger charge is -2.12. The van der Waals surface area contributed by atoms with Gasteiger partial charge in [-0.25, -0.2) is 4.98 Å². The molecular formula is C14H17ClN4. The Balaban J connectivity index is 2.33. The van der Waals surface area contributed by atoms with Gasteiger partial charge < -0.3 is 10.6 Å². The Kier molecular flexibility index (Phi) is 4.22. The lowest BCUT2D eigenvalue weighted by molar-refractivity contribution is 1.05. The molecule has 4 nitrogen and oxygen atoms in total. The molecule has 1 aromatic carbocycles. The standard InChI is InChI=1S/C14H17ClN4/c1-4-16-14-17-10(3)8-12(19-14)18-13-9(2)6-5-7-11(13)15/h5-8H,4H2,1-3H3,(H2,16,17,18,19). The van der Waals surface area contributed by atoms with Crippen LogP contribution in [0.5, 0.6) is 0 Å². The van der Waals surface area contributed by atoms with Crippen molar-refractivity contribution in [2.24, 2.45) is 0 Å². The topological polar surface area (TPSA) is 49.8 Å². The molecule has 0 radical (unpaired) electrons. The average molecular weight is 277 g/mol. The van der Waals surface area contributed by atoms with Gasteiger partial charge in [-0.2, -0.15) is 4.98 Å². The highest BCUT2D eigenvalue weighted by Gasteiger charge is 2.06. The molecule has 1 heterocycles. The predicted molar refractivity (Wildman–Crippen MR) is 80.4 cm³/mol. The molecule has 100 valence electrons. The Morgan fingerprint density at radius 2 is 2.00 bits per heavy atom. The lowest BCUT2D eigenvalue weighted by Crippen LogP contribution is -2.05. The first kappa shape index (κ1) is 13.6. The maximum atomic E-state index is 6.20. The maximum absolute atomic E-state index is 6.20. The minimum Gasteiger partial charge on any atom is -0.354 e. The molecule has 0 saturated carbocycles. The van der Waals surface area contributed by atoms with Crippen molar-refractivity contribution in [3.8, 4) is 0 Å². The van der Waals surface area contributed by atoms with E-state index in [0.717, 1.165) is 29.3 Å². The summed E-state index contributed by atoms with van der Waals surface area (Å²) in [5, 5.41) is 7.05. The van der Waals surface area contributed by atoms with Crippen LogP contribution >= 0.6 is 11.6 Å². The lowest BCUT2D eigenvalue weighted by atomic mass is 10.2. The highest BCUT2D eigenvalue weighted by atomic mass is 35.5. The van der Waals surface area contributed by atoms with E-state index in [2.05, 4.69) is 20.6 Å². The molecule has 0 bridgehead atoms. The zero-order chi connectivity index (χ0) is 13.8. The summed E-state index contributed by atoms with van der Waals surface area (Å²) in [4.78, 5) is 8.72. The first-order valence-electron chi connectivity index (χ1n) is 6.22. The second kappa shape index (κ2) is 5.89. The van der Waals surface area contributed by atoms with Crippen molar-refractivity contribution in [1.82, 2.24) is 9.97 Å². The van der Waals surface area contributed by atoms with Crippen LogP contribution in [0.25, 0.3) is 0 Å². The molecule has 0 atom stereocenters. The van der Waals surface area contributed by atoms with E-state index in [0.29, 0.717) is 11.0 Å². The number of nitrogens with one attached hydrogen (secondary N) is 2. The fourth-order valence-corrected chi connectivity index (χ4v) is 2.06. The molecule has 5 heteroatoms. The normalized spacial score (nSPS) is 10.3. The van der Waals surface area contributed by atoms with E-state index in [1.807, 2.05) is 45.0 Å². The number of halogens is 1. The quantitative estimate of drug-likeness (QED) is 0.889. The summed E-state index contributed by atoms with van der Waals surface area (Å²) in [6.45, 7) is 6.74.